The summed E-state index contributed by atoms with van der Waals surface area (Å²) in [5.74, 6) is -1.58. The number of alkyl carbamates (subject to hydrolysis) is 1. The van der Waals surface area contributed by atoms with E-state index < -0.39 is 24.0 Å². The summed E-state index contributed by atoms with van der Waals surface area (Å²) in [4.78, 5) is 39.4. The van der Waals surface area contributed by atoms with Gasteiger partial charge in [0.05, 0.1) is 5.92 Å². The number of fused-ring (bicyclic) bond motifs is 3. The van der Waals surface area contributed by atoms with Crippen LogP contribution in [-0.4, -0.2) is 53.2 Å². The smallest absolute Gasteiger partial charge is 0.407 e. The molecule has 4 atom stereocenters. The van der Waals surface area contributed by atoms with Gasteiger partial charge in [0.25, 0.3) is 0 Å². The van der Waals surface area contributed by atoms with Crippen LogP contribution in [0.1, 0.15) is 57.1 Å². The fourth-order valence-corrected chi connectivity index (χ4v) is 5.35. The Balaban J connectivity index is 1.43. The number of hydrogen-bond acceptors (Lipinski definition) is 4. The number of amides is 2. The fraction of sp³-hybridized carbons (Fsp3) is 0.464. The molecule has 0 saturated carbocycles. The number of nitrogens with zero attached hydrogens (tertiary/aromatic N) is 1. The van der Waals surface area contributed by atoms with Gasteiger partial charge in [-0.2, -0.15) is 0 Å². The van der Waals surface area contributed by atoms with E-state index in [0.29, 0.717) is 25.8 Å². The van der Waals surface area contributed by atoms with Gasteiger partial charge in [-0.25, -0.2) is 4.79 Å². The van der Waals surface area contributed by atoms with Crippen LogP contribution in [0.5, 0.6) is 0 Å². The van der Waals surface area contributed by atoms with E-state index in [-0.39, 0.29) is 30.4 Å². The molecule has 1 saturated heterocycles. The van der Waals surface area contributed by atoms with Crippen LogP contribution in [0.4, 0.5) is 4.79 Å². The third kappa shape index (κ3) is 5.04. The van der Waals surface area contributed by atoms with E-state index in [1.54, 1.807) is 4.90 Å². The van der Waals surface area contributed by atoms with Crippen LogP contribution in [0.3, 0.4) is 0 Å². The quantitative estimate of drug-likeness (QED) is 0.604. The summed E-state index contributed by atoms with van der Waals surface area (Å²) < 4.78 is 5.68. The summed E-state index contributed by atoms with van der Waals surface area (Å²) in [6, 6.07) is 15.4. The van der Waals surface area contributed by atoms with Gasteiger partial charge in [-0.05, 0) is 47.9 Å². The van der Waals surface area contributed by atoms with E-state index in [4.69, 9.17) is 4.74 Å². The van der Waals surface area contributed by atoms with Gasteiger partial charge in [0.2, 0.25) is 5.91 Å². The van der Waals surface area contributed by atoms with E-state index in [2.05, 4.69) is 29.6 Å². The van der Waals surface area contributed by atoms with Crippen molar-refractivity contribution in [1.82, 2.24) is 10.2 Å². The minimum absolute atomic E-state index is 0.0547. The van der Waals surface area contributed by atoms with Crippen LogP contribution in [0.15, 0.2) is 48.5 Å². The van der Waals surface area contributed by atoms with Crippen molar-refractivity contribution in [2.45, 2.75) is 58.0 Å². The second-order valence-corrected chi connectivity index (χ2v) is 9.77. The zero-order chi connectivity index (χ0) is 25.1. The van der Waals surface area contributed by atoms with Crippen molar-refractivity contribution in [3.05, 3.63) is 59.7 Å². The van der Waals surface area contributed by atoms with Crippen LogP contribution in [0, 0.1) is 11.8 Å². The van der Waals surface area contributed by atoms with E-state index in [1.165, 1.54) is 0 Å². The molecule has 2 aromatic carbocycles. The number of carbonyl (C=O) groups excluding carboxylic acids is 2. The maximum atomic E-state index is 13.4. The largest absolute Gasteiger partial charge is 0.481 e. The van der Waals surface area contributed by atoms with Gasteiger partial charge in [0.15, 0.2) is 0 Å². The molecule has 7 nitrogen and oxygen atoms in total. The number of piperidine rings is 1. The van der Waals surface area contributed by atoms with Crippen molar-refractivity contribution < 1.29 is 24.2 Å². The average Bonchev–Trinajstić information content (AvgIpc) is 3.18. The maximum Gasteiger partial charge on any atom is 0.407 e. The first-order valence-corrected chi connectivity index (χ1v) is 12.5. The highest BCUT2D eigenvalue weighted by molar-refractivity contribution is 5.86. The first-order chi connectivity index (χ1) is 16.8. The van der Waals surface area contributed by atoms with Crippen molar-refractivity contribution in [3.63, 3.8) is 0 Å². The lowest BCUT2D eigenvalue weighted by atomic mass is 9.90. The molecule has 4 rings (SSSR count). The van der Waals surface area contributed by atoms with Crippen LogP contribution >= 0.6 is 0 Å². The molecule has 1 aliphatic heterocycles. The molecule has 0 spiro atoms. The van der Waals surface area contributed by atoms with Gasteiger partial charge in [0, 0.05) is 18.5 Å². The van der Waals surface area contributed by atoms with Crippen LogP contribution in [0.2, 0.25) is 0 Å². The zero-order valence-corrected chi connectivity index (χ0v) is 20.6. The van der Waals surface area contributed by atoms with Crippen molar-refractivity contribution in [2.75, 3.05) is 13.2 Å². The molecule has 2 N–H and O–H groups in total. The summed E-state index contributed by atoms with van der Waals surface area (Å²) in [5, 5.41) is 12.2. The van der Waals surface area contributed by atoms with Crippen molar-refractivity contribution in [3.8, 4) is 11.1 Å². The summed E-state index contributed by atoms with van der Waals surface area (Å²) >= 11 is 0. The van der Waals surface area contributed by atoms with Gasteiger partial charge in [-0.15, -0.1) is 0 Å². The summed E-state index contributed by atoms with van der Waals surface area (Å²) in [6.07, 6.45) is 0.932. The number of aliphatic carboxylic acids is 1. The number of benzene rings is 2. The van der Waals surface area contributed by atoms with E-state index in [1.807, 2.05) is 45.0 Å². The molecule has 35 heavy (non-hydrogen) atoms. The van der Waals surface area contributed by atoms with Gasteiger partial charge >= 0.3 is 12.1 Å². The molecule has 2 amide bonds. The highest BCUT2D eigenvalue weighted by Gasteiger charge is 2.37. The summed E-state index contributed by atoms with van der Waals surface area (Å²) in [6.45, 7) is 6.33. The number of ether oxygens (including phenoxy) is 1. The molecule has 0 bridgehead atoms. The van der Waals surface area contributed by atoms with Gasteiger partial charge < -0.3 is 20.1 Å². The molecule has 0 aromatic heterocycles. The van der Waals surface area contributed by atoms with Gasteiger partial charge in [-0.1, -0.05) is 68.8 Å². The topological polar surface area (TPSA) is 95.9 Å². The van der Waals surface area contributed by atoms with Crippen molar-refractivity contribution in [1.29, 1.82) is 0 Å². The van der Waals surface area contributed by atoms with Crippen LogP contribution in [-0.2, 0) is 14.3 Å². The lowest BCUT2D eigenvalue weighted by Crippen LogP contribution is -2.56. The molecule has 0 radical (unpaired) electrons. The summed E-state index contributed by atoms with van der Waals surface area (Å²) in [5.41, 5.74) is 4.57. The number of hydrogen-bond donors (Lipinski definition) is 2. The van der Waals surface area contributed by atoms with E-state index in [9.17, 15) is 19.5 Å². The molecule has 1 aliphatic carbocycles. The Labute approximate surface area is 206 Å². The molecule has 2 aliphatic rings. The van der Waals surface area contributed by atoms with Crippen molar-refractivity contribution in [2.24, 2.45) is 11.8 Å². The number of carboxylic acid groups (broad SMARTS) is 1. The van der Waals surface area contributed by atoms with Crippen LogP contribution < -0.4 is 5.32 Å². The number of rotatable bonds is 7. The SMILES string of the molecule is CC[C@H](C)[C@H](NC(=O)OCC1c2ccccc2-c2ccccc21)C(=O)N1CC[C@@H](C(=O)O)C[C@H]1C. The van der Waals surface area contributed by atoms with E-state index in [0.717, 1.165) is 22.3 Å². The zero-order valence-electron chi connectivity index (χ0n) is 20.6. The molecule has 2 aromatic rings. The molecule has 0 unspecified atom stereocenters. The molecule has 1 heterocycles. The molecular weight excluding hydrogens is 444 g/mol. The predicted molar refractivity (Wildman–Crippen MR) is 133 cm³/mol. The third-order valence-electron chi connectivity index (χ3n) is 7.60. The highest BCUT2D eigenvalue weighted by Crippen LogP contribution is 2.44. The van der Waals surface area contributed by atoms with E-state index >= 15 is 0 Å². The lowest BCUT2D eigenvalue weighted by molar-refractivity contribution is -0.148. The Bertz CT molecular complexity index is 1050. The van der Waals surface area contributed by atoms with Crippen LogP contribution in [0.25, 0.3) is 11.1 Å². The van der Waals surface area contributed by atoms with Gasteiger partial charge in [-0.3, -0.25) is 9.59 Å². The Hall–Kier alpha value is -3.35. The molecular formula is C28H34N2O5. The normalized spacial score (nSPS) is 20.9. The Morgan fingerprint density at radius 2 is 1.69 bits per heavy atom. The van der Waals surface area contributed by atoms with Crippen molar-refractivity contribution >= 4 is 18.0 Å². The third-order valence-corrected chi connectivity index (χ3v) is 7.60. The fourth-order valence-electron chi connectivity index (χ4n) is 5.35. The standard InChI is InChI=1S/C28H34N2O5/c1-4-17(2)25(26(31)30-14-13-19(27(32)33)15-18(30)3)29-28(34)35-16-24-22-11-7-5-9-20(22)21-10-6-8-12-23(21)24/h5-12,17-19,24-25H,4,13-16H2,1-3H3,(H,29,34)(H,32,33)/t17-,18+,19+,25-/m0/s1. The lowest BCUT2D eigenvalue weighted by Gasteiger charge is -2.39. The second kappa shape index (κ2) is 10.5. The number of nitrogens with one attached hydrogen (secondary N) is 1. The predicted octanol–water partition coefficient (Wildman–Crippen LogP) is 4.65. The molecule has 7 heteroatoms. The Morgan fingerprint density at radius 1 is 1.09 bits per heavy atom. The minimum atomic E-state index is -0.820. The number of carbonyl (C=O) groups is 3. The average molecular weight is 479 g/mol. The molecule has 1 fully saturated rings. The summed E-state index contributed by atoms with van der Waals surface area (Å²) in [7, 11) is 0. The first-order valence-electron chi connectivity index (χ1n) is 12.5. The second-order valence-electron chi connectivity index (χ2n) is 9.77. The highest BCUT2D eigenvalue weighted by atomic mass is 16.5. The molecule has 186 valence electrons. The monoisotopic (exact) mass is 478 g/mol. The number of likely N-dealkylation sites (tertiary alicyclic amines) is 1. The first kappa shape index (κ1) is 24.8. The van der Waals surface area contributed by atoms with Gasteiger partial charge in [0.1, 0.15) is 12.6 Å². The Morgan fingerprint density at radius 3 is 2.23 bits per heavy atom. The maximum absolute atomic E-state index is 13.4. The Kier molecular flexibility index (Phi) is 7.43. The minimum Gasteiger partial charge on any atom is -0.481 e. The number of carboxylic acids is 1.